The van der Waals surface area contributed by atoms with Crippen LogP contribution in [0, 0.1) is 40.4 Å². The van der Waals surface area contributed by atoms with Crippen molar-refractivity contribution in [3.63, 3.8) is 0 Å². The molecule has 0 aliphatic heterocycles. The summed E-state index contributed by atoms with van der Waals surface area (Å²) in [5.74, 6) is 4.30. The summed E-state index contributed by atoms with van der Waals surface area (Å²) in [6, 6.07) is 0. The van der Waals surface area contributed by atoms with Crippen molar-refractivity contribution >= 4 is 5.97 Å². The third kappa shape index (κ3) is 3.44. The molecule has 4 fully saturated rings. The van der Waals surface area contributed by atoms with Crippen molar-refractivity contribution in [2.75, 3.05) is 7.11 Å². The summed E-state index contributed by atoms with van der Waals surface area (Å²) < 4.78 is 4.79. The van der Waals surface area contributed by atoms with Crippen molar-refractivity contribution in [2.24, 2.45) is 40.4 Å². The Morgan fingerprint density at radius 2 is 1.71 bits per heavy atom. The van der Waals surface area contributed by atoms with E-state index in [4.69, 9.17) is 4.74 Å². The number of methoxy groups -OCH3 is 1. The lowest BCUT2D eigenvalue weighted by Gasteiger charge is -2.61. The second-order valence-corrected chi connectivity index (χ2v) is 11.2. The minimum absolute atomic E-state index is 0.0377. The lowest BCUT2D eigenvalue weighted by Crippen LogP contribution is -2.53. The minimum Gasteiger partial charge on any atom is -0.469 e. The van der Waals surface area contributed by atoms with E-state index >= 15 is 0 Å². The first kappa shape index (κ1) is 20.7. The number of carbonyl (C=O) groups excluding carboxylic acids is 1. The normalized spacial score (nSPS) is 47.7. The first-order chi connectivity index (χ1) is 13.4. The molecule has 4 aliphatic rings. The number of aliphatic hydroxyl groups is 1. The second-order valence-electron chi connectivity index (χ2n) is 11.2. The Morgan fingerprint density at radius 1 is 0.964 bits per heavy atom. The predicted octanol–water partition coefficient (Wildman–Crippen LogP) is 5.74. The number of fused-ring (bicyclic) bond motifs is 5. The molecular formula is C25H42O3. The minimum atomic E-state index is -0.0568. The number of esters is 1. The SMILES string of the molecule is COC(=O)CCCCC1CCC2C3CCC4CC(O)CCC4(C)C3CCC12C. The maximum Gasteiger partial charge on any atom is 0.305 e. The fraction of sp³-hybridized carbons (Fsp3) is 0.960. The van der Waals surface area contributed by atoms with Gasteiger partial charge in [-0.05, 0) is 111 Å². The monoisotopic (exact) mass is 390 g/mol. The van der Waals surface area contributed by atoms with E-state index in [-0.39, 0.29) is 12.1 Å². The third-order valence-electron chi connectivity index (χ3n) is 10.2. The third-order valence-corrected chi connectivity index (χ3v) is 10.2. The van der Waals surface area contributed by atoms with Crippen LogP contribution >= 0.6 is 0 Å². The molecule has 0 amide bonds. The Hall–Kier alpha value is -0.570. The second kappa shape index (κ2) is 7.93. The van der Waals surface area contributed by atoms with Crippen molar-refractivity contribution < 1.29 is 14.6 Å². The van der Waals surface area contributed by atoms with Crippen LogP contribution in [0.25, 0.3) is 0 Å². The summed E-state index contributed by atoms with van der Waals surface area (Å²) in [6.07, 6.45) is 15.8. The Kier molecular flexibility index (Phi) is 5.86. The highest BCUT2D eigenvalue weighted by molar-refractivity contribution is 5.68. The van der Waals surface area contributed by atoms with Crippen molar-refractivity contribution in [1.82, 2.24) is 0 Å². The van der Waals surface area contributed by atoms with Crippen LogP contribution in [0.3, 0.4) is 0 Å². The Balaban J connectivity index is 1.40. The molecule has 8 unspecified atom stereocenters. The molecule has 0 aromatic heterocycles. The van der Waals surface area contributed by atoms with E-state index in [2.05, 4.69) is 13.8 Å². The average Bonchev–Trinajstić information content (AvgIpc) is 3.02. The molecule has 0 saturated heterocycles. The summed E-state index contributed by atoms with van der Waals surface area (Å²) >= 11 is 0. The summed E-state index contributed by atoms with van der Waals surface area (Å²) in [5, 5.41) is 10.2. The molecule has 0 radical (unpaired) electrons. The van der Waals surface area contributed by atoms with Gasteiger partial charge in [-0.3, -0.25) is 4.79 Å². The largest absolute Gasteiger partial charge is 0.469 e. The number of hydrogen-bond donors (Lipinski definition) is 1. The molecule has 3 nitrogen and oxygen atoms in total. The smallest absolute Gasteiger partial charge is 0.305 e. The number of unbranched alkanes of at least 4 members (excludes halogenated alkanes) is 1. The van der Waals surface area contributed by atoms with Crippen LogP contribution in [0.1, 0.15) is 97.3 Å². The number of hydrogen-bond acceptors (Lipinski definition) is 3. The van der Waals surface area contributed by atoms with Gasteiger partial charge in [0, 0.05) is 6.42 Å². The number of ether oxygens (including phenoxy) is 1. The van der Waals surface area contributed by atoms with Gasteiger partial charge in [0.25, 0.3) is 0 Å². The van der Waals surface area contributed by atoms with Gasteiger partial charge in [0.15, 0.2) is 0 Å². The first-order valence-electron chi connectivity index (χ1n) is 12.1. The highest BCUT2D eigenvalue weighted by atomic mass is 16.5. The zero-order valence-corrected chi connectivity index (χ0v) is 18.4. The molecule has 0 aromatic carbocycles. The first-order valence-corrected chi connectivity index (χ1v) is 12.1. The van der Waals surface area contributed by atoms with Crippen LogP contribution in [0.5, 0.6) is 0 Å². The fourth-order valence-electron chi connectivity index (χ4n) is 8.58. The molecule has 8 atom stereocenters. The van der Waals surface area contributed by atoms with E-state index in [1.54, 1.807) is 0 Å². The Bertz CT molecular complexity index is 574. The van der Waals surface area contributed by atoms with Gasteiger partial charge in [0.1, 0.15) is 0 Å². The summed E-state index contributed by atoms with van der Waals surface area (Å²) in [6.45, 7) is 5.20. The lowest BCUT2D eigenvalue weighted by atomic mass is 9.44. The standard InChI is InChI=1S/C25H42O3/c1-24-15-13-22-20(10-8-18-16-19(26)12-14-25(18,22)2)21(24)11-9-17(24)6-4-5-7-23(27)28-3/h17-22,26H,4-16H2,1-3H3. The molecule has 0 heterocycles. The predicted molar refractivity (Wildman–Crippen MR) is 112 cm³/mol. The maximum absolute atomic E-state index is 11.4. The molecule has 4 saturated carbocycles. The van der Waals surface area contributed by atoms with Gasteiger partial charge in [0.05, 0.1) is 13.2 Å². The van der Waals surface area contributed by atoms with Crippen molar-refractivity contribution in [2.45, 2.75) is 103 Å². The van der Waals surface area contributed by atoms with Crippen LogP contribution in [0.15, 0.2) is 0 Å². The topological polar surface area (TPSA) is 46.5 Å². The molecule has 4 aliphatic carbocycles. The highest BCUT2D eigenvalue weighted by Gasteiger charge is 2.59. The molecular weight excluding hydrogens is 348 g/mol. The van der Waals surface area contributed by atoms with E-state index in [9.17, 15) is 9.90 Å². The molecule has 3 heteroatoms. The zero-order chi connectivity index (χ0) is 19.9. The van der Waals surface area contributed by atoms with Gasteiger partial charge in [0.2, 0.25) is 0 Å². The quantitative estimate of drug-likeness (QED) is 0.481. The van der Waals surface area contributed by atoms with Crippen LogP contribution in [0.4, 0.5) is 0 Å². The maximum atomic E-state index is 11.4. The zero-order valence-electron chi connectivity index (χ0n) is 18.4. The summed E-state index contributed by atoms with van der Waals surface area (Å²) in [7, 11) is 1.49. The van der Waals surface area contributed by atoms with Crippen LogP contribution in [-0.2, 0) is 9.53 Å². The van der Waals surface area contributed by atoms with E-state index in [1.165, 1.54) is 64.9 Å². The van der Waals surface area contributed by atoms with Gasteiger partial charge < -0.3 is 9.84 Å². The van der Waals surface area contributed by atoms with Crippen LogP contribution < -0.4 is 0 Å². The van der Waals surface area contributed by atoms with Crippen molar-refractivity contribution in [3.8, 4) is 0 Å². The van der Waals surface area contributed by atoms with E-state index in [0.717, 1.165) is 48.9 Å². The molecule has 160 valence electrons. The summed E-state index contributed by atoms with van der Waals surface area (Å²) in [4.78, 5) is 11.4. The molecule has 0 bridgehead atoms. The van der Waals surface area contributed by atoms with Crippen molar-refractivity contribution in [3.05, 3.63) is 0 Å². The van der Waals surface area contributed by atoms with Gasteiger partial charge in [-0.15, -0.1) is 0 Å². The van der Waals surface area contributed by atoms with Crippen LogP contribution in [0.2, 0.25) is 0 Å². The number of aliphatic hydroxyl groups excluding tert-OH is 1. The molecule has 1 N–H and O–H groups in total. The van der Waals surface area contributed by atoms with E-state index < -0.39 is 0 Å². The average molecular weight is 391 g/mol. The van der Waals surface area contributed by atoms with Gasteiger partial charge in [-0.25, -0.2) is 0 Å². The molecule has 0 spiro atoms. The molecule has 4 rings (SSSR count). The van der Waals surface area contributed by atoms with Crippen LogP contribution in [-0.4, -0.2) is 24.3 Å². The van der Waals surface area contributed by atoms with Crippen molar-refractivity contribution in [1.29, 1.82) is 0 Å². The van der Waals surface area contributed by atoms with Gasteiger partial charge in [-0.1, -0.05) is 20.3 Å². The Labute approximate surface area is 172 Å². The Morgan fingerprint density at radius 3 is 2.50 bits per heavy atom. The van der Waals surface area contributed by atoms with Gasteiger partial charge in [-0.2, -0.15) is 0 Å². The van der Waals surface area contributed by atoms with Gasteiger partial charge >= 0.3 is 5.97 Å². The fourth-order valence-corrected chi connectivity index (χ4v) is 8.58. The van der Waals surface area contributed by atoms with E-state index in [0.29, 0.717) is 17.3 Å². The molecule has 0 aromatic rings. The number of rotatable bonds is 5. The summed E-state index contributed by atoms with van der Waals surface area (Å²) in [5.41, 5.74) is 1.02. The lowest BCUT2D eigenvalue weighted by molar-refractivity contribution is -0.140. The molecule has 28 heavy (non-hydrogen) atoms. The van der Waals surface area contributed by atoms with E-state index in [1.807, 2.05) is 0 Å². The number of carbonyl (C=O) groups is 1. The highest BCUT2D eigenvalue weighted by Crippen LogP contribution is 2.67.